The number of carbonyl (C=O) groups is 1. The monoisotopic (exact) mass is 351 g/mol. The molecular formula is C22H29N3O. The zero-order valence-electron chi connectivity index (χ0n) is 16.0. The molecule has 2 N–H and O–H groups in total. The van der Waals surface area contributed by atoms with Crippen LogP contribution >= 0.6 is 0 Å². The Morgan fingerprint density at radius 1 is 1.08 bits per heavy atom. The van der Waals surface area contributed by atoms with Crippen LogP contribution in [0.5, 0.6) is 0 Å². The van der Waals surface area contributed by atoms with Crippen molar-refractivity contribution in [2.45, 2.75) is 33.7 Å². The van der Waals surface area contributed by atoms with E-state index in [0.717, 1.165) is 49.4 Å². The summed E-state index contributed by atoms with van der Waals surface area (Å²) >= 11 is 0. The molecule has 2 aromatic rings. The zero-order valence-corrected chi connectivity index (χ0v) is 16.0. The molecule has 4 heteroatoms. The van der Waals surface area contributed by atoms with Gasteiger partial charge in [0, 0.05) is 25.3 Å². The number of nitrogens with one attached hydrogen (secondary N) is 2. The van der Waals surface area contributed by atoms with Gasteiger partial charge in [-0.05, 0) is 56.3 Å². The number of benzene rings is 2. The van der Waals surface area contributed by atoms with Gasteiger partial charge in [0.15, 0.2) is 0 Å². The normalized spacial score (nSPS) is 17.3. The molecule has 2 aromatic carbocycles. The standard InChI is InChI=1S/C22H29N3O/c1-16-7-9-19(10-8-16)14-25-12-11-20(15-25)13-23-22(26)24-21-17(2)5-4-6-18(21)3/h4-10,20H,11-15H2,1-3H3,(H2,23,24,26)/t20-/m0/s1. The molecule has 138 valence electrons. The fourth-order valence-electron chi connectivity index (χ4n) is 3.58. The average molecular weight is 351 g/mol. The first-order valence-electron chi connectivity index (χ1n) is 9.40. The fraction of sp³-hybridized carbons (Fsp3) is 0.409. The summed E-state index contributed by atoms with van der Waals surface area (Å²) in [6.45, 7) is 10.00. The van der Waals surface area contributed by atoms with E-state index in [9.17, 15) is 4.79 Å². The predicted octanol–water partition coefficient (Wildman–Crippen LogP) is 4.26. The van der Waals surface area contributed by atoms with E-state index < -0.39 is 0 Å². The van der Waals surface area contributed by atoms with Crippen LogP contribution < -0.4 is 10.6 Å². The second kappa shape index (κ2) is 8.37. The third-order valence-corrected chi connectivity index (χ3v) is 5.17. The van der Waals surface area contributed by atoms with E-state index in [1.807, 2.05) is 32.0 Å². The van der Waals surface area contributed by atoms with Crippen LogP contribution in [0.2, 0.25) is 0 Å². The predicted molar refractivity (Wildman–Crippen MR) is 108 cm³/mol. The smallest absolute Gasteiger partial charge is 0.319 e. The van der Waals surface area contributed by atoms with E-state index in [1.54, 1.807) is 0 Å². The lowest BCUT2D eigenvalue weighted by Gasteiger charge is -2.17. The number of likely N-dealkylation sites (tertiary alicyclic amines) is 1. The molecule has 0 radical (unpaired) electrons. The molecule has 1 aliphatic heterocycles. The molecule has 0 bridgehead atoms. The van der Waals surface area contributed by atoms with Gasteiger partial charge in [0.05, 0.1) is 0 Å². The Labute approximate surface area is 156 Å². The van der Waals surface area contributed by atoms with Crippen molar-refractivity contribution in [3.05, 3.63) is 64.7 Å². The van der Waals surface area contributed by atoms with E-state index in [-0.39, 0.29) is 6.03 Å². The topological polar surface area (TPSA) is 44.4 Å². The SMILES string of the molecule is Cc1ccc(CN2CC[C@@H](CNC(=O)Nc3c(C)cccc3C)C2)cc1. The van der Waals surface area contributed by atoms with Crippen molar-refractivity contribution < 1.29 is 4.79 Å². The minimum atomic E-state index is -0.112. The number of hydrogen-bond acceptors (Lipinski definition) is 2. The number of aryl methyl sites for hydroxylation is 3. The summed E-state index contributed by atoms with van der Waals surface area (Å²) in [4.78, 5) is 14.7. The van der Waals surface area contributed by atoms with E-state index in [0.29, 0.717) is 5.92 Å². The van der Waals surface area contributed by atoms with E-state index >= 15 is 0 Å². The highest BCUT2D eigenvalue weighted by molar-refractivity contribution is 5.90. The molecule has 0 spiro atoms. The molecule has 1 aliphatic rings. The minimum Gasteiger partial charge on any atom is -0.338 e. The number of carbonyl (C=O) groups excluding carboxylic acids is 1. The number of amides is 2. The van der Waals surface area contributed by atoms with E-state index in [1.165, 1.54) is 11.1 Å². The molecule has 0 unspecified atom stereocenters. The van der Waals surface area contributed by atoms with Crippen molar-refractivity contribution in [3.63, 3.8) is 0 Å². The van der Waals surface area contributed by atoms with Gasteiger partial charge in [-0.1, -0.05) is 48.0 Å². The van der Waals surface area contributed by atoms with Gasteiger partial charge < -0.3 is 10.6 Å². The first-order chi connectivity index (χ1) is 12.5. The maximum absolute atomic E-state index is 12.2. The number of para-hydroxylation sites is 1. The van der Waals surface area contributed by atoms with Gasteiger partial charge in [0.25, 0.3) is 0 Å². The van der Waals surface area contributed by atoms with Crippen molar-refractivity contribution in [1.29, 1.82) is 0 Å². The highest BCUT2D eigenvalue weighted by Crippen LogP contribution is 2.20. The maximum Gasteiger partial charge on any atom is 0.319 e. The van der Waals surface area contributed by atoms with Crippen LogP contribution in [0.1, 0.15) is 28.7 Å². The molecule has 1 heterocycles. The molecule has 3 rings (SSSR count). The highest BCUT2D eigenvalue weighted by Gasteiger charge is 2.22. The Balaban J connectivity index is 1.44. The molecule has 0 aliphatic carbocycles. The van der Waals surface area contributed by atoms with Crippen LogP contribution in [0.3, 0.4) is 0 Å². The molecule has 0 aromatic heterocycles. The lowest BCUT2D eigenvalue weighted by molar-refractivity contribution is 0.249. The van der Waals surface area contributed by atoms with E-state index in [4.69, 9.17) is 0 Å². The summed E-state index contributed by atoms with van der Waals surface area (Å²) in [5.41, 5.74) is 5.75. The maximum atomic E-state index is 12.2. The Morgan fingerprint density at radius 2 is 1.77 bits per heavy atom. The Hall–Kier alpha value is -2.33. The van der Waals surface area contributed by atoms with Gasteiger partial charge in [0.1, 0.15) is 0 Å². The third-order valence-electron chi connectivity index (χ3n) is 5.17. The Bertz CT molecular complexity index is 734. The van der Waals surface area contributed by atoms with Gasteiger partial charge in [-0.3, -0.25) is 4.90 Å². The fourth-order valence-corrected chi connectivity index (χ4v) is 3.58. The van der Waals surface area contributed by atoms with Gasteiger partial charge in [0.2, 0.25) is 0 Å². The molecule has 26 heavy (non-hydrogen) atoms. The van der Waals surface area contributed by atoms with Crippen molar-refractivity contribution in [1.82, 2.24) is 10.2 Å². The molecule has 2 amide bonds. The largest absolute Gasteiger partial charge is 0.338 e. The summed E-state index contributed by atoms with van der Waals surface area (Å²) in [7, 11) is 0. The zero-order chi connectivity index (χ0) is 18.5. The van der Waals surface area contributed by atoms with Crippen LogP contribution in [0.4, 0.5) is 10.5 Å². The summed E-state index contributed by atoms with van der Waals surface area (Å²) in [5.74, 6) is 0.518. The van der Waals surface area contributed by atoms with Gasteiger partial charge in [-0.25, -0.2) is 4.79 Å². The lowest BCUT2D eigenvalue weighted by Crippen LogP contribution is -2.34. The van der Waals surface area contributed by atoms with E-state index in [2.05, 4.69) is 46.7 Å². The summed E-state index contributed by atoms with van der Waals surface area (Å²) in [6, 6.07) is 14.7. The van der Waals surface area contributed by atoms with Crippen LogP contribution in [-0.2, 0) is 6.54 Å². The number of nitrogens with zero attached hydrogens (tertiary/aromatic N) is 1. The summed E-state index contributed by atoms with van der Waals surface area (Å²) in [6.07, 6.45) is 1.13. The first-order valence-corrected chi connectivity index (χ1v) is 9.40. The number of rotatable bonds is 5. The summed E-state index contributed by atoms with van der Waals surface area (Å²) < 4.78 is 0. The van der Waals surface area contributed by atoms with Crippen LogP contribution in [0.25, 0.3) is 0 Å². The molecule has 1 fully saturated rings. The molecular weight excluding hydrogens is 322 g/mol. The van der Waals surface area contributed by atoms with Gasteiger partial charge in [-0.15, -0.1) is 0 Å². The van der Waals surface area contributed by atoms with Crippen molar-refractivity contribution in [2.24, 2.45) is 5.92 Å². The number of anilines is 1. The number of urea groups is 1. The van der Waals surface area contributed by atoms with Crippen LogP contribution in [-0.4, -0.2) is 30.6 Å². The minimum absolute atomic E-state index is 0.112. The summed E-state index contributed by atoms with van der Waals surface area (Å²) in [5, 5.41) is 6.04. The van der Waals surface area contributed by atoms with Crippen molar-refractivity contribution in [3.8, 4) is 0 Å². The average Bonchev–Trinajstić information content (AvgIpc) is 3.06. The number of hydrogen-bond donors (Lipinski definition) is 2. The lowest BCUT2D eigenvalue weighted by atomic mass is 10.1. The van der Waals surface area contributed by atoms with Gasteiger partial charge >= 0.3 is 6.03 Å². The molecule has 1 atom stereocenters. The second-order valence-corrected chi connectivity index (χ2v) is 7.48. The van der Waals surface area contributed by atoms with Crippen LogP contribution in [0, 0.1) is 26.7 Å². The Morgan fingerprint density at radius 3 is 2.46 bits per heavy atom. The van der Waals surface area contributed by atoms with Gasteiger partial charge in [-0.2, -0.15) is 0 Å². The van der Waals surface area contributed by atoms with Crippen LogP contribution in [0.15, 0.2) is 42.5 Å². The highest BCUT2D eigenvalue weighted by atomic mass is 16.2. The second-order valence-electron chi connectivity index (χ2n) is 7.48. The Kier molecular flexibility index (Phi) is 5.94. The first kappa shape index (κ1) is 18.5. The van der Waals surface area contributed by atoms with Crippen molar-refractivity contribution in [2.75, 3.05) is 25.0 Å². The quantitative estimate of drug-likeness (QED) is 0.845. The van der Waals surface area contributed by atoms with Crippen molar-refractivity contribution >= 4 is 11.7 Å². The molecule has 1 saturated heterocycles. The third kappa shape index (κ3) is 4.85. The molecule has 0 saturated carbocycles. The molecule has 4 nitrogen and oxygen atoms in total.